The lowest BCUT2D eigenvalue weighted by molar-refractivity contribution is -0.122. The zero-order chi connectivity index (χ0) is 14.5. The standard InChI is InChI=1S/C15H22N4O/c1-4-11(2)18-14(20)10-19-9-12(8-16-3)13-6-5-7-17-15(13)19/h5-7,9,11,16H,4,8,10H2,1-3H3,(H,18,20). The molecule has 2 rings (SSSR count). The van der Waals surface area contributed by atoms with Gasteiger partial charge < -0.3 is 15.2 Å². The van der Waals surface area contributed by atoms with Gasteiger partial charge in [0.2, 0.25) is 5.91 Å². The molecule has 5 heteroatoms. The number of pyridine rings is 1. The number of carbonyl (C=O) groups excluding carboxylic acids is 1. The van der Waals surface area contributed by atoms with Crippen molar-refractivity contribution in [1.82, 2.24) is 20.2 Å². The van der Waals surface area contributed by atoms with Crippen LogP contribution in [0.4, 0.5) is 0 Å². The van der Waals surface area contributed by atoms with Crippen LogP contribution in [-0.4, -0.2) is 28.5 Å². The topological polar surface area (TPSA) is 59.0 Å². The Hall–Kier alpha value is -1.88. The lowest BCUT2D eigenvalue weighted by atomic mass is 10.2. The molecule has 0 aliphatic carbocycles. The molecule has 108 valence electrons. The van der Waals surface area contributed by atoms with E-state index in [0.29, 0.717) is 6.54 Å². The van der Waals surface area contributed by atoms with Crippen molar-refractivity contribution in [1.29, 1.82) is 0 Å². The summed E-state index contributed by atoms with van der Waals surface area (Å²) in [6.45, 7) is 5.14. The van der Waals surface area contributed by atoms with Gasteiger partial charge in [-0.2, -0.15) is 0 Å². The highest BCUT2D eigenvalue weighted by atomic mass is 16.2. The zero-order valence-corrected chi connectivity index (χ0v) is 12.3. The molecule has 2 aromatic heterocycles. The van der Waals surface area contributed by atoms with Crippen LogP contribution in [0.15, 0.2) is 24.5 Å². The highest BCUT2D eigenvalue weighted by molar-refractivity contribution is 5.83. The second kappa shape index (κ2) is 6.52. The van der Waals surface area contributed by atoms with Crippen LogP contribution in [0.3, 0.4) is 0 Å². The first-order chi connectivity index (χ1) is 9.65. The van der Waals surface area contributed by atoms with Crippen molar-refractivity contribution in [3.8, 4) is 0 Å². The van der Waals surface area contributed by atoms with Crippen molar-refractivity contribution in [3.63, 3.8) is 0 Å². The molecule has 5 nitrogen and oxygen atoms in total. The van der Waals surface area contributed by atoms with Crippen molar-refractivity contribution in [2.75, 3.05) is 7.05 Å². The van der Waals surface area contributed by atoms with Crippen molar-refractivity contribution < 1.29 is 4.79 Å². The molecular formula is C15H22N4O. The molecule has 2 N–H and O–H groups in total. The third kappa shape index (κ3) is 3.17. The number of hydrogen-bond donors (Lipinski definition) is 2. The van der Waals surface area contributed by atoms with Gasteiger partial charge in [-0.05, 0) is 38.1 Å². The predicted octanol–water partition coefficient (Wildman–Crippen LogP) is 1.67. The van der Waals surface area contributed by atoms with Crippen LogP contribution in [-0.2, 0) is 17.9 Å². The Morgan fingerprint density at radius 2 is 2.30 bits per heavy atom. The second-order valence-corrected chi connectivity index (χ2v) is 5.06. The summed E-state index contributed by atoms with van der Waals surface area (Å²) < 4.78 is 1.92. The van der Waals surface area contributed by atoms with Crippen LogP contribution in [0.25, 0.3) is 11.0 Å². The molecule has 0 aliphatic rings. The minimum atomic E-state index is 0.0258. The molecule has 0 bridgehead atoms. The Balaban J connectivity index is 2.23. The molecule has 1 atom stereocenters. The van der Waals surface area contributed by atoms with Gasteiger partial charge in [0, 0.05) is 30.4 Å². The fourth-order valence-electron chi connectivity index (χ4n) is 2.22. The number of rotatable bonds is 6. The van der Waals surface area contributed by atoms with E-state index < -0.39 is 0 Å². The SMILES string of the molecule is CCC(C)NC(=O)Cn1cc(CNC)c2cccnc21. The summed E-state index contributed by atoms with van der Waals surface area (Å²) in [4.78, 5) is 16.4. The summed E-state index contributed by atoms with van der Waals surface area (Å²) in [6, 6.07) is 4.16. The van der Waals surface area contributed by atoms with Gasteiger partial charge in [-0.25, -0.2) is 4.98 Å². The molecule has 0 aromatic carbocycles. The maximum atomic E-state index is 12.0. The average molecular weight is 274 g/mol. The van der Waals surface area contributed by atoms with Crippen molar-refractivity contribution >= 4 is 16.9 Å². The molecule has 2 heterocycles. The summed E-state index contributed by atoms with van der Waals surface area (Å²) >= 11 is 0. The second-order valence-electron chi connectivity index (χ2n) is 5.06. The lowest BCUT2D eigenvalue weighted by Gasteiger charge is -2.12. The molecule has 0 saturated heterocycles. The van der Waals surface area contributed by atoms with Crippen molar-refractivity contribution in [2.45, 2.75) is 39.4 Å². The molecule has 0 aliphatic heterocycles. The summed E-state index contributed by atoms with van der Waals surface area (Å²) in [5, 5.41) is 7.22. The predicted molar refractivity (Wildman–Crippen MR) is 80.4 cm³/mol. The maximum Gasteiger partial charge on any atom is 0.240 e. The smallest absolute Gasteiger partial charge is 0.240 e. The van der Waals surface area contributed by atoms with E-state index >= 15 is 0 Å². The average Bonchev–Trinajstić information content (AvgIpc) is 2.78. The molecule has 0 saturated carbocycles. The van der Waals surface area contributed by atoms with Crippen LogP contribution >= 0.6 is 0 Å². The minimum Gasteiger partial charge on any atom is -0.352 e. The largest absolute Gasteiger partial charge is 0.352 e. The highest BCUT2D eigenvalue weighted by Gasteiger charge is 2.12. The van der Waals surface area contributed by atoms with Crippen molar-refractivity contribution in [2.24, 2.45) is 0 Å². The van der Waals surface area contributed by atoms with E-state index in [0.717, 1.165) is 29.6 Å². The van der Waals surface area contributed by atoms with Crippen LogP contribution in [0.1, 0.15) is 25.8 Å². The van der Waals surface area contributed by atoms with Gasteiger partial charge in [0.1, 0.15) is 12.2 Å². The molecular weight excluding hydrogens is 252 g/mol. The first-order valence-corrected chi connectivity index (χ1v) is 7.02. The Bertz CT molecular complexity index is 591. The van der Waals surface area contributed by atoms with E-state index in [4.69, 9.17) is 0 Å². The Morgan fingerprint density at radius 3 is 3.00 bits per heavy atom. The van der Waals surface area contributed by atoms with Crippen molar-refractivity contribution in [3.05, 3.63) is 30.1 Å². The Morgan fingerprint density at radius 1 is 1.50 bits per heavy atom. The van der Waals surface area contributed by atoms with E-state index in [1.54, 1.807) is 6.20 Å². The molecule has 1 amide bonds. The number of fused-ring (bicyclic) bond motifs is 1. The lowest BCUT2D eigenvalue weighted by Crippen LogP contribution is -2.34. The quantitative estimate of drug-likeness (QED) is 0.842. The van der Waals surface area contributed by atoms with Gasteiger partial charge in [0.15, 0.2) is 0 Å². The molecule has 0 radical (unpaired) electrons. The summed E-state index contributed by atoms with van der Waals surface area (Å²) in [5.41, 5.74) is 2.02. The number of nitrogens with one attached hydrogen (secondary N) is 2. The number of hydrogen-bond acceptors (Lipinski definition) is 3. The monoisotopic (exact) mass is 274 g/mol. The number of aromatic nitrogens is 2. The van der Waals surface area contributed by atoms with Crippen LogP contribution < -0.4 is 10.6 Å². The maximum absolute atomic E-state index is 12.0. The molecule has 0 spiro atoms. The summed E-state index contributed by atoms with van der Waals surface area (Å²) in [7, 11) is 1.91. The van der Waals surface area contributed by atoms with Crippen LogP contribution in [0.5, 0.6) is 0 Å². The van der Waals surface area contributed by atoms with Crippen LogP contribution in [0, 0.1) is 0 Å². The summed E-state index contributed by atoms with van der Waals surface area (Å²) in [5.74, 6) is 0.0258. The van der Waals surface area contributed by atoms with Gasteiger partial charge in [0.25, 0.3) is 0 Å². The van der Waals surface area contributed by atoms with E-state index in [9.17, 15) is 4.79 Å². The minimum absolute atomic E-state index is 0.0258. The molecule has 2 aromatic rings. The Kier molecular flexibility index (Phi) is 4.74. The van der Waals surface area contributed by atoms with Gasteiger partial charge in [-0.1, -0.05) is 6.92 Å². The first-order valence-electron chi connectivity index (χ1n) is 7.02. The van der Waals surface area contributed by atoms with Gasteiger partial charge in [-0.15, -0.1) is 0 Å². The number of carbonyl (C=O) groups is 1. The fraction of sp³-hybridized carbons (Fsp3) is 0.467. The highest BCUT2D eigenvalue weighted by Crippen LogP contribution is 2.19. The fourth-order valence-corrected chi connectivity index (χ4v) is 2.22. The van der Waals surface area contributed by atoms with E-state index in [1.165, 1.54) is 0 Å². The third-order valence-electron chi connectivity index (χ3n) is 3.42. The van der Waals surface area contributed by atoms with Gasteiger partial charge in [0.05, 0.1) is 0 Å². The first kappa shape index (κ1) is 14.5. The molecule has 20 heavy (non-hydrogen) atoms. The third-order valence-corrected chi connectivity index (χ3v) is 3.42. The Labute approximate surface area is 119 Å². The molecule has 1 unspecified atom stereocenters. The summed E-state index contributed by atoms with van der Waals surface area (Å²) in [6.07, 6.45) is 4.69. The van der Waals surface area contributed by atoms with E-state index in [2.05, 4.69) is 22.5 Å². The van der Waals surface area contributed by atoms with E-state index in [1.807, 2.05) is 36.9 Å². The van der Waals surface area contributed by atoms with Gasteiger partial charge in [-0.3, -0.25) is 4.79 Å². The number of nitrogens with zero attached hydrogens (tertiary/aromatic N) is 2. The van der Waals surface area contributed by atoms with Gasteiger partial charge >= 0.3 is 0 Å². The zero-order valence-electron chi connectivity index (χ0n) is 12.3. The van der Waals surface area contributed by atoms with E-state index in [-0.39, 0.29) is 11.9 Å². The van der Waals surface area contributed by atoms with Crippen LogP contribution in [0.2, 0.25) is 0 Å². The number of amides is 1. The normalized spacial score (nSPS) is 12.6. The molecule has 0 fully saturated rings.